The summed E-state index contributed by atoms with van der Waals surface area (Å²) in [6, 6.07) is 3.11. The number of aromatic nitrogens is 1. The fourth-order valence-corrected chi connectivity index (χ4v) is 4.35. The molecule has 0 saturated carbocycles. The third kappa shape index (κ3) is 3.55. The van der Waals surface area contributed by atoms with Gasteiger partial charge in [-0.1, -0.05) is 0 Å². The highest BCUT2D eigenvalue weighted by Gasteiger charge is 2.54. The molecule has 128 valence electrons. The molecule has 2 heterocycles. The van der Waals surface area contributed by atoms with Crippen molar-refractivity contribution in [2.45, 2.75) is 55.8 Å². The number of pyridine rings is 1. The number of carbonyl (C=O) groups is 1. The zero-order valence-electron chi connectivity index (χ0n) is 14.0. The van der Waals surface area contributed by atoms with E-state index < -0.39 is 26.2 Å². The zero-order valence-corrected chi connectivity index (χ0v) is 14.8. The molecule has 1 aromatic heterocycles. The Labute approximate surface area is 137 Å². The second-order valence-electron chi connectivity index (χ2n) is 6.75. The Bertz CT molecular complexity index is 667. The van der Waals surface area contributed by atoms with Crippen molar-refractivity contribution in [2.24, 2.45) is 0 Å². The molecular formula is C16H23NO5S. The van der Waals surface area contributed by atoms with E-state index in [0.29, 0.717) is 5.69 Å². The lowest BCUT2D eigenvalue weighted by Gasteiger charge is -2.36. The second-order valence-corrected chi connectivity index (χ2v) is 9.01. The molecule has 0 bridgehead atoms. The van der Waals surface area contributed by atoms with Crippen LogP contribution < -0.4 is 0 Å². The van der Waals surface area contributed by atoms with Crippen molar-refractivity contribution >= 4 is 15.8 Å². The lowest BCUT2D eigenvalue weighted by atomic mass is 9.99. The average molecular weight is 341 g/mol. The highest BCUT2D eigenvalue weighted by Crippen LogP contribution is 2.37. The summed E-state index contributed by atoms with van der Waals surface area (Å²) in [5, 5.41) is 0. The van der Waals surface area contributed by atoms with Gasteiger partial charge in [-0.15, -0.1) is 0 Å². The predicted octanol–water partition coefficient (Wildman–Crippen LogP) is 2.05. The molecule has 1 aromatic rings. The number of esters is 1. The largest absolute Gasteiger partial charge is 0.459 e. The van der Waals surface area contributed by atoms with Gasteiger partial charge in [-0.05, 0) is 39.8 Å². The van der Waals surface area contributed by atoms with E-state index in [1.165, 1.54) is 12.3 Å². The molecule has 0 aliphatic carbocycles. The van der Waals surface area contributed by atoms with Crippen LogP contribution in [-0.4, -0.2) is 42.9 Å². The Balaban J connectivity index is 2.49. The van der Waals surface area contributed by atoms with Gasteiger partial charge in [0.1, 0.15) is 5.60 Å². The van der Waals surface area contributed by atoms with E-state index in [9.17, 15) is 13.2 Å². The first-order valence-electron chi connectivity index (χ1n) is 7.57. The van der Waals surface area contributed by atoms with Gasteiger partial charge in [0.05, 0.1) is 4.90 Å². The maximum Gasteiger partial charge on any atom is 0.328 e. The molecular weight excluding hydrogens is 318 g/mol. The number of ether oxygens (including phenoxy) is 2. The minimum atomic E-state index is -3.93. The average Bonchev–Trinajstić information content (AvgIpc) is 2.46. The van der Waals surface area contributed by atoms with Gasteiger partial charge in [-0.3, -0.25) is 9.78 Å². The fourth-order valence-electron chi connectivity index (χ4n) is 2.49. The topological polar surface area (TPSA) is 82.6 Å². The van der Waals surface area contributed by atoms with Gasteiger partial charge in [-0.2, -0.15) is 0 Å². The molecule has 1 aliphatic rings. The molecule has 23 heavy (non-hydrogen) atoms. The van der Waals surface area contributed by atoms with Crippen LogP contribution in [0.5, 0.6) is 0 Å². The minimum absolute atomic E-state index is 0.0378. The number of hydrogen-bond acceptors (Lipinski definition) is 6. The molecule has 0 radical (unpaired) electrons. The van der Waals surface area contributed by atoms with Gasteiger partial charge in [0.15, 0.2) is 14.6 Å². The van der Waals surface area contributed by atoms with Gasteiger partial charge < -0.3 is 9.47 Å². The van der Waals surface area contributed by atoms with Crippen LogP contribution in [0.4, 0.5) is 0 Å². The number of carbonyl (C=O) groups excluding carboxylic acids is 1. The van der Waals surface area contributed by atoms with Crippen LogP contribution in [0.1, 0.15) is 39.3 Å². The van der Waals surface area contributed by atoms with Crippen LogP contribution in [0.15, 0.2) is 23.2 Å². The van der Waals surface area contributed by atoms with E-state index in [1.54, 1.807) is 33.8 Å². The number of sulfone groups is 1. The normalized spacial score (nSPS) is 18.4. The molecule has 1 saturated heterocycles. The Morgan fingerprint density at radius 1 is 1.26 bits per heavy atom. The number of aryl methyl sites for hydroxylation is 1. The first-order chi connectivity index (χ1) is 10.6. The summed E-state index contributed by atoms with van der Waals surface area (Å²) in [5.41, 5.74) is -0.0501. The molecule has 0 amide bonds. The van der Waals surface area contributed by atoms with E-state index in [0.717, 1.165) is 0 Å². The number of rotatable bonds is 3. The third-order valence-electron chi connectivity index (χ3n) is 3.78. The summed E-state index contributed by atoms with van der Waals surface area (Å²) < 4.78 is 35.4. The van der Waals surface area contributed by atoms with Gasteiger partial charge in [-0.25, -0.2) is 8.42 Å². The van der Waals surface area contributed by atoms with Crippen LogP contribution in [0.25, 0.3) is 0 Å². The van der Waals surface area contributed by atoms with E-state index in [-0.39, 0.29) is 31.0 Å². The molecule has 2 rings (SSSR count). The lowest BCUT2D eigenvalue weighted by molar-refractivity contribution is -0.160. The highest BCUT2D eigenvalue weighted by atomic mass is 32.2. The molecule has 6 nitrogen and oxygen atoms in total. The van der Waals surface area contributed by atoms with Gasteiger partial charge in [0, 0.05) is 37.9 Å². The number of nitrogens with zero attached hydrogens (tertiary/aromatic N) is 1. The summed E-state index contributed by atoms with van der Waals surface area (Å²) >= 11 is 0. The summed E-state index contributed by atoms with van der Waals surface area (Å²) in [7, 11) is -3.93. The first kappa shape index (κ1) is 17.9. The quantitative estimate of drug-likeness (QED) is 0.783. The van der Waals surface area contributed by atoms with Gasteiger partial charge >= 0.3 is 5.97 Å². The van der Waals surface area contributed by atoms with Crippen molar-refractivity contribution in [1.29, 1.82) is 0 Å². The molecule has 0 atom stereocenters. The third-order valence-corrected chi connectivity index (χ3v) is 6.25. The Kier molecular flexibility index (Phi) is 4.82. The van der Waals surface area contributed by atoms with Crippen LogP contribution in [0.2, 0.25) is 0 Å². The van der Waals surface area contributed by atoms with E-state index in [1.807, 2.05) is 0 Å². The first-order valence-corrected chi connectivity index (χ1v) is 9.05. The minimum Gasteiger partial charge on any atom is -0.459 e. The lowest BCUT2D eigenvalue weighted by Crippen LogP contribution is -2.53. The van der Waals surface area contributed by atoms with E-state index in [4.69, 9.17) is 9.47 Å². The molecule has 7 heteroatoms. The Morgan fingerprint density at radius 2 is 1.87 bits per heavy atom. The van der Waals surface area contributed by atoms with Crippen LogP contribution >= 0.6 is 0 Å². The fraction of sp³-hybridized carbons (Fsp3) is 0.625. The Hall–Kier alpha value is -1.47. The van der Waals surface area contributed by atoms with Crippen molar-refractivity contribution in [3.63, 3.8) is 0 Å². The molecule has 1 fully saturated rings. The van der Waals surface area contributed by atoms with Crippen molar-refractivity contribution in [2.75, 3.05) is 13.2 Å². The van der Waals surface area contributed by atoms with Crippen molar-refractivity contribution in [1.82, 2.24) is 4.98 Å². The number of hydrogen-bond donors (Lipinski definition) is 0. The Morgan fingerprint density at radius 3 is 2.35 bits per heavy atom. The smallest absolute Gasteiger partial charge is 0.328 e. The van der Waals surface area contributed by atoms with Gasteiger partial charge in [0.25, 0.3) is 0 Å². The second kappa shape index (κ2) is 6.20. The highest BCUT2D eigenvalue weighted by molar-refractivity contribution is 7.93. The SMILES string of the molecule is Cc1ccc(S(=O)(=O)C2(C(=O)OC(C)(C)C)CCOCC2)cn1. The molecule has 0 N–H and O–H groups in total. The summed E-state index contributed by atoms with van der Waals surface area (Å²) in [5.74, 6) is -0.714. The van der Waals surface area contributed by atoms with Crippen LogP contribution in [0.3, 0.4) is 0 Å². The maximum atomic E-state index is 13.2. The van der Waals surface area contributed by atoms with E-state index >= 15 is 0 Å². The summed E-state index contributed by atoms with van der Waals surface area (Å²) in [6.45, 7) is 7.35. The van der Waals surface area contributed by atoms with Crippen molar-refractivity contribution in [3.8, 4) is 0 Å². The van der Waals surface area contributed by atoms with Gasteiger partial charge in [0.2, 0.25) is 0 Å². The predicted molar refractivity (Wildman–Crippen MR) is 84.8 cm³/mol. The summed E-state index contributed by atoms with van der Waals surface area (Å²) in [4.78, 5) is 16.8. The van der Waals surface area contributed by atoms with E-state index in [2.05, 4.69) is 4.98 Å². The molecule has 1 aliphatic heterocycles. The van der Waals surface area contributed by atoms with Crippen LogP contribution in [-0.2, 0) is 24.1 Å². The summed E-state index contributed by atoms with van der Waals surface area (Å²) in [6.07, 6.45) is 1.46. The molecule has 0 spiro atoms. The zero-order chi connectivity index (χ0) is 17.3. The standard InChI is InChI=1S/C16H23NO5S/c1-12-5-6-13(11-17-12)23(19,20)16(7-9-21-10-8-16)14(18)22-15(2,3)4/h5-6,11H,7-10H2,1-4H3. The van der Waals surface area contributed by atoms with Crippen molar-refractivity contribution < 1.29 is 22.7 Å². The molecule has 0 unspecified atom stereocenters. The van der Waals surface area contributed by atoms with Crippen LogP contribution in [0, 0.1) is 6.92 Å². The molecule has 0 aromatic carbocycles. The monoisotopic (exact) mass is 341 g/mol. The van der Waals surface area contributed by atoms with Crippen molar-refractivity contribution in [3.05, 3.63) is 24.0 Å². The maximum absolute atomic E-state index is 13.2.